The van der Waals surface area contributed by atoms with E-state index in [1.165, 1.54) is 17.9 Å². The second-order valence-electron chi connectivity index (χ2n) is 9.04. The fourth-order valence-corrected chi connectivity index (χ4v) is 4.41. The number of anilines is 1. The molecule has 5 rings (SSSR count). The highest BCUT2D eigenvalue weighted by molar-refractivity contribution is 5.91. The molecule has 1 fully saturated rings. The summed E-state index contributed by atoms with van der Waals surface area (Å²) in [7, 11) is 1.46. The summed E-state index contributed by atoms with van der Waals surface area (Å²) in [4.78, 5) is 10.5. The van der Waals surface area contributed by atoms with Gasteiger partial charge in [0, 0.05) is 25.4 Å². The molecule has 2 N–H and O–H groups in total. The molecule has 1 unspecified atom stereocenters. The standard InChI is InChI=1S/C25H22F5N5O3/c1-12-3-5-13(6-4-12)21(36)17-11-35(7-8-38-17)24-31-10-15-20(33-34(2)23(15)32-24)14-9-16(25(28,29)30)19(27)22(37)18(14)26/h3-6,9-10,17,21,36-37H,7-8,11H2,1-2H3/t17-,21?/m1/s1. The van der Waals surface area contributed by atoms with Crippen LogP contribution < -0.4 is 4.90 Å². The van der Waals surface area contributed by atoms with E-state index in [-0.39, 0.29) is 41.9 Å². The van der Waals surface area contributed by atoms with Gasteiger partial charge in [-0.05, 0) is 18.6 Å². The molecule has 2 atom stereocenters. The molecule has 1 aliphatic heterocycles. The van der Waals surface area contributed by atoms with Crippen molar-refractivity contribution in [1.29, 1.82) is 0 Å². The first-order valence-electron chi connectivity index (χ1n) is 11.5. The molecule has 38 heavy (non-hydrogen) atoms. The topological polar surface area (TPSA) is 96.5 Å². The molecule has 0 spiro atoms. The van der Waals surface area contributed by atoms with Crippen LogP contribution in [-0.2, 0) is 18.0 Å². The molecular weight excluding hydrogens is 513 g/mol. The van der Waals surface area contributed by atoms with Crippen LogP contribution in [0.4, 0.5) is 27.9 Å². The predicted molar refractivity (Wildman–Crippen MR) is 126 cm³/mol. The predicted octanol–water partition coefficient (Wildman–Crippen LogP) is 4.28. The van der Waals surface area contributed by atoms with Crippen molar-refractivity contribution in [2.24, 2.45) is 7.05 Å². The van der Waals surface area contributed by atoms with Gasteiger partial charge in [-0.3, -0.25) is 0 Å². The highest BCUT2D eigenvalue weighted by atomic mass is 19.4. The SMILES string of the molecule is Cc1ccc(C(O)[C@H]2CN(c3ncc4c(-c5cc(C(F)(F)F)c(F)c(O)c5F)nn(C)c4n3)CCO2)cc1. The first-order valence-corrected chi connectivity index (χ1v) is 11.5. The third-order valence-electron chi connectivity index (χ3n) is 6.45. The Morgan fingerprint density at radius 1 is 1.13 bits per heavy atom. The van der Waals surface area contributed by atoms with Crippen molar-refractivity contribution in [2.75, 3.05) is 24.6 Å². The molecule has 1 aliphatic rings. The molecule has 13 heteroatoms. The summed E-state index contributed by atoms with van der Waals surface area (Å²) in [6, 6.07) is 7.67. The lowest BCUT2D eigenvalue weighted by molar-refractivity contribution is -0.140. The van der Waals surface area contributed by atoms with E-state index in [1.54, 1.807) is 4.90 Å². The van der Waals surface area contributed by atoms with Crippen LogP contribution >= 0.6 is 0 Å². The quantitative estimate of drug-likeness (QED) is 0.377. The van der Waals surface area contributed by atoms with Crippen molar-refractivity contribution in [3.8, 4) is 17.0 Å². The zero-order chi connectivity index (χ0) is 27.4. The van der Waals surface area contributed by atoms with E-state index in [9.17, 15) is 32.2 Å². The number of hydrogen-bond acceptors (Lipinski definition) is 7. The van der Waals surface area contributed by atoms with Gasteiger partial charge < -0.3 is 19.8 Å². The van der Waals surface area contributed by atoms with Crippen LogP contribution in [0.2, 0.25) is 0 Å². The number of fused-ring (bicyclic) bond motifs is 1. The number of aryl methyl sites for hydroxylation is 2. The van der Waals surface area contributed by atoms with Crippen LogP contribution in [0.5, 0.6) is 5.75 Å². The van der Waals surface area contributed by atoms with E-state index >= 15 is 0 Å². The Kier molecular flexibility index (Phi) is 6.43. The average Bonchev–Trinajstić information content (AvgIpc) is 3.22. The van der Waals surface area contributed by atoms with Gasteiger partial charge in [-0.25, -0.2) is 18.4 Å². The maximum Gasteiger partial charge on any atom is 0.419 e. The van der Waals surface area contributed by atoms with E-state index in [2.05, 4.69) is 15.1 Å². The zero-order valence-corrected chi connectivity index (χ0v) is 20.2. The van der Waals surface area contributed by atoms with E-state index in [1.807, 2.05) is 31.2 Å². The largest absolute Gasteiger partial charge is 0.503 e. The van der Waals surface area contributed by atoms with Gasteiger partial charge in [0.15, 0.2) is 23.0 Å². The second-order valence-corrected chi connectivity index (χ2v) is 9.04. The van der Waals surface area contributed by atoms with Gasteiger partial charge in [0.2, 0.25) is 5.95 Å². The van der Waals surface area contributed by atoms with Crippen LogP contribution in [0.25, 0.3) is 22.3 Å². The summed E-state index contributed by atoms with van der Waals surface area (Å²) < 4.78 is 75.5. The van der Waals surface area contributed by atoms with Crippen molar-refractivity contribution in [3.63, 3.8) is 0 Å². The Morgan fingerprint density at radius 2 is 1.84 bits per heavy atom. The summed E-state index contributed by atoms with van der Waals surface area (Å²) in [5.41, 5.74) is -0.946. The molecule has 4 aromatic rings. The third kappa shape index (κ3) is 4.52. The Labute approximate surface area is 212 Å². The van der Waals surface area contributed by atoms with Crippen molar-refractivity contribution < 1.29 is 36.9 Å². The van der Waals surface area contributed by atoms with E-state index in [0.717, 1.165) is 5.56 Å². The highest BCUT2D eigenvalue weighted by Crippen LogP contribution is 2.41. The summed E-state index contributed by atoms with van der Waals surface area (Å²) in [6.45, 7) is 2.88. The average molecular weight is 535 g/mol. The maximum atomic E-state index is 14.7. The Bertz CT molecular complexity index is 1510. The van der Waals surface area contributed by atoms with Gasteiger partial charge in [0.25, 0.3) is 0 Å². The molecule has 0 amide bonds. The number of benzene rings is 2. The van der Waals surface area contributed by atoms with Crippen LogP contribution in [0, 0.1) is 18.6 Å². The monoisotopic (exact) mass is 535 g/mol. The first kappa shape index (κ1) is 25.8. The molecule has 0 aliphatic carbocycles. The number of aromatic hydroxyl groups is 1. The minimum absolute atomic E-state index is 0.0961. The molecule has 0 radical (unpaired) electrons. The number of aliphatic hydroxyl groups excluding tert-OH is 1. The lowest BCUT2D eigenvalue weighted by atomic mass is 10.0. The zero-order valence-electron chi connectivity index (χ0n) is 20.2. The fraction of sp³-hybridized carbons (Fsp3) is 0.320. The number of rotatable bonds is 4. The van der Waals surface area contributed by atoms with E-state index in [0.29, 0.717) is 12.1 Å². The van der Waals surface area contributed by atoms with Crippen LogP contribution in [0.1, 0.15) is 22.8 Å². The first-order chi connectivity index (χ1) is 18.0. The lowest BCUT2D eigenvalue weighted by Gasteiger charge is -2.35. The van der Waals surface area contributed by atoms with Crippen LogP contribution in [0.3, 0.4) is 0 Å². The number of morpholine rings is 1. The molecule has 2 aromatic carbocycles. The number of nitrogens with zero attached hydrogens (tertiary/aromatic N) is 5. The summed E-state index contributed by atoms with van der Waals surface area (Å²) >= 11 is 0. The third-order valence-corrected chi connectivity index (χ3v) is 6.45. The number of phenols is 1. The van der Waals surface area contributed by atoms with Crippen LogP contribution in [-0.4, -0.2) is 55.8 Å². The second kappa shape index (κ2) is 9.48. The lowest BCUT2D eigenvalue weighted by Crippen LogP contribution is -2.45. The normalized spacial score (nSPS) is 17.3. The summed E-state index contributed by atoms with van der Waals surface area (Å²) in [6.07, 6.45) is -5.38. The van der Waals surface area contributed by atoms with Crippen molar-refractivity contribution in [1.82, 2.24) is 19.7 Å². The molecule has 1 saturated heterocycles. The van der Waals surface area contributed by atoms with E-state index < -0.39 is 46.9 Å². The highest BCUT2D eigenvalue weighted by Gasteiger charge is 2.38. The van der Waals surface area contributed by atoms with Gasteiger partial charge >= 0.3 is 6.18 Å². The molecule has 200 valence electrons. The van der Waals surface area contributed by atoms with Gasteiger partial charge in [-0.15, -0.1) is 0 Å². The number of aromatic nitrogens is 4. The maximum absolute atomic E-state index is 14.7. The van der Waals surface area contributed by atoms with Gasteiger partial charge in [-0.1, -0.05) is 29.8 Å². The van der Waals surface area contributed by atoms with Crippen LogP contribution in [0.15, 0.2) is 36.5 Å². The molecular formula is C25H22F5N5O3. The molecule has 0 saturated carbocycles. The van der Waals surface area contributed by atoms with Gasteiger partial charge in [0.1, 0.15) is 17.9 Å². The van der Waals surface area contributed by atoms with Crippen molar-refractivity contribution >= 4 is 17.0 Å². The van der Waals surface area contributed by atoms with Crippen molar-refractivity contribution in [3.05, 3.63) is 64.9 Å². The van der Waals surface area contributed by atoms with Crippen molar-refractivity contribution in [2.45, 2.75) is 25.3 Å². The van der Waals surface area contributed by atoms with Gasteiger partial charge in [-0.2, -0.15) is 23.3 Å². The van der Waals surface area contributed by atoms with Gasteiger partial charge in [0.05, 0.1) is 24.1 Å². The molecule has 8 nitrogen and oxygen atoms in total. The van der Waals surface area contributed by atoms with E-state index in [4.69, 9.17) is 4.74 Å². The summed E-state index contributed by atoms with van der Waals surface area (Å²) in [5, 5.41) is 24.7. The smallest absolute Gasteiger partial charge is 0.419 e. The molecule has 2 aromatic heterocycles. The molecule has 0 bridgehead atoms. The minimum atomic E-state index is -5.17. The number of halogens is 5. The Morgan fingerprint density at radius 3 is 2.53 bits per heavy atom. The number of ether oxygens (including phenoxy) is 1. The minimum Gasteiger partial charge on any atom is -0.503 e. The number of aliphatic hydroxyl groups is 1. The summed E-state index contributed by atoms with van der Waals surface area (Å²) in [5.74, 6) is -5.19. The Hall–Kier alpha value is -3.84. The fourth-order valence-electron chi connectivity index (χ4n) is 4.41. The Balaban J connectivity index is 1.48. The number of phenolic OH excluding ortho intramolecular Hbond substituents is 1. The number of hydrogen-bond donors (Lipinski definition) is 2. The number of alkyl halides is 3. The molecule has 3 heterocycles.